The lowest BCUT2D eigenvalue weighted by molar-refractivity contribution is -0.172. The molecule has 0 radical (unpaired) electrons. The summed E-state index contributed by atoms with van der Waals surface area (Å²) < 4.78 is 17.9. The van der Waals surface area contributed by atoms with Crippen LogP contribution in [0.4, 0.5) is 0 Å². The first-order valence-corrected chi connectivity index (χ1v) is 12.6. The van der Waals surface area contributed by atoms with Crippen molar-refractivity contribution in [1.82, 2.24) is 14.9 Å². The number of nitrogens with one attached hydrogen (secondary N) is 1. The van der Waals surface area contributed by atoms with Crippen LogP contribution < -0.4 is 26.1 Å². The minimum atomic E-state index is -1.92. The van der Waals surface area contributed by atoms with E-state index in [1.54, 1.807) is 23.6 Å². The molecule has 5 heterocycles. The molecular weight excluding hydrogens is 492 g/mol. The van der Waals surface area contributed by atoms with E-state index < -0.39 is 17.6 Å². The van der Waals surface area contributed by atoms with E-state index in [-0.39, 0.29) is 61.4 Å². The van der Waals surface area contributed by atoms with Gasteiger partial charge in [-0.05, 0) is 30.0 Å². The largest absolute Gasteiger partial charge is 0.458 e. The number of nitrogens with zero attached hydrogens (tertiary/aromatic N) is 2. The summed E-state index contributed by atoms with van der Waals surface area (Å²) >= 11 is 0. The summed E-state index contributed by atoms with van der Waals surface area (Å²) in [5, 5.41) is 14.8. The van der Waals surface area contributed by atoms with Gasteiger partial charge in [0.2, 0.25) is 12.7 Å². The number of ether oxygens (including phenoxy) is 3. The second-order valence-electron chi connectivity index (χ2n) is 10.2. The molecule has 11 nitrogen and oxygen atoms in total. The van der Waals surface area contributed by atoms with Gasteiger partial charge in [-0.2, -0.15) is 0 Å². The van der Waals surface area contributed by atoms with E-state index in [2.05, 4.69) is 5.32 Å². The van der Waals surface area contributed by atoms with E-state index in [9.17, 15) is 19.5 Å². The molecule has 2 aromatic heterocycles. The fourth-order valence-electron chi connectivity index (χ4n) is 5.35. The van der Waals surface area contributed by atoms with Gasteiger partial charge >= 0.3 is 5.97 Å². The monoisotopic (exact) mass is 520 g/mol. The normalized spacial score (nSPS) is 19.7. The molecule has 0 saturated heterocycles. The van der Waals surface area contributed by atoms with Crippen molar-refractivity contribution in [2.45, 2.75) is 58.5 Å². The van der Waals surface area contributed by atoms with E-state index in [1.165, 1.54) is 0 Å². The Morgan fingerprint density at radius 2 is 1.92 bits per heavy atom. The van der Waals surface area contributed by atoms with Crippen LogP contribution in [0.1, 0.15) is 49.4 Å². The number of benzene rings is 1. The first-order valence-electron chi connectivity index (χ1n) is 12.6. The molecule has 4 N–H and O–H groups in total. The molecule has 0 spiro atoms. The van der Waals surface area contributed by atoms with Crippen molar-refractivity contribution >= 4 is 22.8 Å². The highest BCUT2D eigenvalue weighted by molar-refractivity contribution is 5.92. The summed E-state index contributed by atoms with van der Waals surface area (Å²) in [4.78, 5) is 43.7. The van der Waals surface area contributed by atoms with Gasteiger partial charge in [0.25, 0.3) is 5.56 Å². The fourth-order valence-corrected chi connectivity index (χ4v) is 5.35. The van der Waals surface area contributed by atoms with E-state index in [1.807, 2.05) is 19.9 Å². The molecular formula is C27H28N4O7. The number of cyclic esters (lactones) is 1. The van der Waals surface area contributed by atoms with Gasteiger partial charge in [0.1, 0.15) is 6.61 Å². The number of hydrogen-bond acceptors (Lipinski definition) is 9. The molecule has 2 atom stereocenters. The van der Waals surface area contributed by atoms with Crippen LogP contribution in [0.3, 0.4) is 0 Å². The van der Waals surface area contributed by atoms with Crippen LogP contribution in [-0.4, -0.2) is 39.4 Å². The van der Waals surface area contributed by atoms with Crippen molar-refractivity contribution < 1.29 is 28.9 Å². The number of aliphatic hydroxyl groups is 1. The third-order valence-electron chi connectivity index (χ3n) is 7.76. The predicted molar refractivity (Wildman–Crippen MR) is 135 cm³/mol. The van der Waals surface area contributed by atoms with E-state index >= 15 is 0 Å². The number of fused-ring (bicyclic) bond motifs is 6. The van der Waals surface area contributed by atoms with Crippen LogP contribution in [-0.2, 0) is 39.6 Å². The number of esters is 1. The van der Waals surface area contributed by atoms with Gasteiger partial charge in [-0.25, -0.2) is 9.78 Å². The second-order valence-corrected chi connectivity index (χ2v) is 10.2. The summed E-state index contributed by atoms with van der Waals surface area (Å²) in [6.45, 7) is 5.65. The molecule has 1 amide bonds. The summed E-state index contributed by atoms with van der Waals surface area (Å²) in [7, 11) is 0. The zero-order chi connectivity index (χ0) is 26.9. The maximum atomic E-state index is 13.6. The van der Waals surface area contributed by atoms with Gasteiger partial charge in [-0.15, -0.1) is 0 Å². The number of rotatable bonds is 5. The second kappa shape index (κ2) is 8.53. The van der Waals surface area contributed by atoms with E-state index in [0.717, 1.165) is 16.5 Å². The molecule has 3 aromatic rings. The molecule has 198 valence electrons. The highest BCUT2D eigenvalue weighted by Crippen LogP contribution is 2.43. The minimum Gasteiger partial charge on any atom is -0.458 e. The molecule has 0 unspecified atom stereocenters. The Kier molecular flexibility index (Phi) is 5.48. The Morgan fingerprint density at radius 1 is 1.18 bits per heavy atom. The summed E-state index contributed by atoms with van der Waals surface area (Å²) in [5.41, 5.74) is 7.40. The van der Waals surface area contributed by atoms with Crippen LogP contribution in [0.15, 0.2) is 23.0 Å². The van der Waals surface area contributed by atoms with Gasteiger partial charge in [0.05, 0.1) is 35.1 Å². The maximum Gasteiger partial charge on any atom is 0.343 e. The number of pyridine rings is 2. The Bertz CT molecular complexity index is 1600. The minimum absolute atomic E-state index is 0.0416. The number of hydrogen-bond donors (Lipinski definition) is 3. The maximum absolute atomic E-state index is 13.6. The molecule has 6 rings (SSSR count). The number of carbonyl (C=O) groups excluding carboxylic acids is 2. The number of amides is 1. The summed E-state index contributed by atoms with van der Waals surface area (Å²) in [6, 6.07) is 4.58. The van der Waals surface area contributed by atoms with E-state index in [4.69, 9.17) is 24.9 Å². The molecule has 0 saturated carbocycles. The molecule has 3 aliphatic rings. The van der Waals surface area contributed by atoms with E-state index in [0.29, 0.717) is 28.4 Å². The lowest BCUT2D eigenvalue weighted by Crippen LogP contribution is -2.44. The Balaban J connectivity index is 1.54. The molecule has 1 aromatic carbocycles. The van der Waals surface area contributed by atoms with Crippen molar-refractivity contribution in [2.24, 2.45) is 11.7 Å². The zero-order valence-corrected chi connectivity index (χ0v) is 21.3. The van der Waals surface area contributed by atoms with Gasteiger partial charge in [0, 0.05) is 29.1 Å². The SMILES string of the molecule is CC[C@@]1(O)C(=O)OCc2c1cc1n(c2=O)Cc2c-1nc1cc3c(cc1c2CNC(=O)[C@@H](N)C(C)C)OCO3. The van der Waals surface area contributed by atoms with Crippen molar-refractivity contribution in [2.75, 3.05) is 6.79 Å². The van der Waals surface area contributed by atoms with Gasteiger partial charge in [0.15, 0.2) is 17.1 Å². The highest BCUT2D eigenvalue weighted by atomic mass is 16.7. The summed E-state index contributed by atoms with van der Waals surface area (Å²) in [5.74, 6) is 0.00810. The van der Waals surface area contributed by atoms with Crippen molar-refractivity contribution in [3.05, 3.63) is 50.8 Å². The van der Waals surface area contributed by atoms with Crippen LogP contribution in [0.5, 0.6) is 11.5 Å². The van der Waals surface area contributed by atoms with Crippen LogP contribution in [0.2, 0.25) is 0 Å². The number of nitrogens with two attached hydrogens (primary N) is 1. The first kappa shape index (κ1) is 24.4. The lowest BCUT2D eigenvalue weighted by Gasteiger charge is -2.31. The molecule has 0 bridgehead atoms. The van der Waals surface area contributed by atoms with Gasteiger partial charge < -0.3 is 34.9 Å². The van der Waals surface area contributed by atoms with Crippen LogP contribution in [0, 0.1) is 5.92 Å². The molecule has 11 heteroatoms. The number of aromatic nitrogens is 2. The van der Waals surface area contributed by atoms with Crippen molar-refractivity contribution in [1.29, 1.82) is 0 Å². The average molecular weight is 521 g/mol. The Hall–Kier alpha value is -3.96. The van der Waals surface area contributed by atoms with Crippen LogP contribution in [0.25, 0.3) is 22.3 Å². The third kappa shape index (κ3) is 3.42. The quantitative estimate of drug-likeness (QED) is 0.331. The molecule has 3 aliphatic heterocycles. The average Bonchev–Trinajstić information content (AvgIpc) is 3.51. The molecule has 38 heavy (non-hydrogen) atoms. The first-order chi connectivity index (χ1) is 18.1. The lowest BCUT2D eigenvalue weighted by atomic mass is 9.86. The summed E-state index contributed by atoms with van der Waals surface area (Å²) in [6.07, 6.45) is 0.0522. The third-order valence-corrected chi connectivity index (χ3v) is 7.76. The topological polar surface area (TPSA) is 155 Å². The molecule has 0 aliphatic carbocycles. The number of carbonyl (C=O) groups is 2. The Morgan fingerprint density at radius 3 is 2.63 bits per heavy atom. The van der Waals surface area contributed by atoms with Crippen molar-refractivity contribution in [3.8, 4) is 22.9 Å². The predicted octanol–water partition coefficient (Wildman–Crippen LogP) is 1.41. The van der Waals surface area contributed by atoms with Gasteiger partial charge in [-0.1, -0.05) is 20.8 Å². The highest BCUT2D eigenvalue weighted by Gasteiger charge is 2.45. The fraction of sp³-hybridized carbons (Fsp3) is 0.407. The zero-order valence-electron chi connectivity index (χ0n) is 21.3. The van der Waals surface area contributed by atoms with Gasteiger partial charge in [-0.3, -0.25) is 9.59 Å². The standard InChI is InChI=1S/C27H28N4O7/c1-4-27(35)17-6-19-23-15(9-31(19)25(33)16(17)10-36-26(27)34)14(8-29-24(32)22(28)12(2)3)13-5-20-21(38-11-37-20)7-18(13)30-23/h5-7,12,22,35H,4,8-11,28H2,1-3H3,(H,29,32)/t22-,27-/m0/s1. The smallest absolute Gasteiger partial charge is 0.343 e. The molecule has 0 fully saturated rings. The van der Waals surface area contributed by atoms with Crippen LogP contribution >= 0.6 is 0 Å². The van der Waals surface area contributed by atoms with Crippen molar-refractivity contribution in [3.63, 3.8) is 0 Å². The Labute approximate surface area is 217 Å².